The Kier molecular flexibility index (Phi) is 6.54. The lowest BCUT2D eigenvalue weighted by atomic mass is 10.0. The highest BCUT2D eigenvalue weighted by molar-refractivity contribution is 5.29. The Hall–Kier alpha value is -1.21. The van der Waals surface area contributed by atoms with Gasteiger partial charge < -0.3 is 10.1 Å². The first-order chi connectivity index (χ1) is 9.77. The SMILES string of the molecule is CCNC(COCC(F)(F)C(F)F)c1ccc(F)cc1C. The summed E-state index contributed by atoms with van der Waals surface area (Å²) < 4.78 is 67.4. The van der Waals surface area contributed by atoms with E-state index in [0.717, 1.165) is 0 Å². The summed E-state index contributed by atoms with van der Waals surface area (Å²) >= 11 is 0. The van der Waals surface area contributed by atoms with E-state index in [4.69, 9.17) is 4.74 Å². The maximum atomic E-state index is 13.1. The van der Waals surface area contributed by atoms with Crippen molar-refractivity contribution in [1.29, 1.82) is 0 Å². The second kappa shape index (κ2) is 7.70. The van der Waals surface area contributed by atoms with Gasteiger partial charge in [0.25, 0.3) is 0 Å². The van der Waals surface area contributed by atoms with Gasteiger partial charge in [0, 0.05) is 0 Å². The molecule has 0 spiro atoms. The van der Waals surface area contributed by atoms with Crippen LogP contribution in [0.1, 0.15) is 24.1 Å². The van der Waals surface area contributed by atoms with Crippen molar-refractivity contribution < 1.29 is 26.7 Å². The number of alkyl halides is 4. The molecule has 0 aromatic heterocycles. The summed E-state index contributed by atoms with van der Waals surface area (Å²) in [6, 6.07) is 3.62. The summed E-state index contributed by atoms with van der Waals surface area (Å²) in [5.41, 5.74) is 1.31. The summed E-state index contributed by atoms with van der Waals surface area (Å²) in [4.78, 5) is 0. The van der Waals surface area contributed by atoms with Gasteiger partial charge >= 0.3 is 12.3 Å². The number of likely N-dealkylation sites (N-methyl/N-ethyl adjacent to an activating group) is 1. The number of rotatable bonds is 8. The predicted octanol–water partition coefficient (Wildman–Crippen LogP) is 3.70. The van der Waals surface area contributed by atoms with E-state index in [1.54, 1.807) is 13.8 Å². The molecule has 0 aliphatic heterocycles. The van der Waals surface area contributed by atoms with Crippen molar-refractivity contribution in [3.8, 4) is 0 Å². The third kappa shape index (κ3) is 5.24. The molecule has 7 heteroatoms. The number of ether oxygens (including phenoxy) is 1. The number of benzene rings is 1. The van der Waals surface area contributed by atoms with Crippen LogP contribution in [0.4, 0.5) is 22.0 Å². The predicted molar refractivity (Wildman–Crippen MR) is 69.3 cm³/mol. The van der Waals surface area contributed by atoms with Crippen LogP contribution in [0.15, 0.2) is 18.2 Å². The van der Waals surface area contributed by atoms with Crippen molar-refractivity contribution in [2.45, 2.75) is 32.2 Å². The van der Waals surface area contributed by atoms with Gasteiger partial charge in [0.1, 0.15) is 12.4 Å². The Morgan fingerprint density at radius 3 is 2.48 bits per heavy atom. The Morgan fingerprint density at radius 1 is 1.29 bits per heavy atom. The molecular formula is C14H18F5NO. The zero-order chi connectivity index (χ0) is 16.0. The number of hydrogen-bond donors (Lipinski definition) is 1. The van der Waals surface area contributed by atoms with Crippen molar-refractivity contribution in [2.24, 2.45) is 0 Å². The molecule has 1 aromatic carbocycles. The molecule has 120 valence electrons. The summed E-state index contributed by atoms with van der Waals surface area (Å²) in [5, 5.41) is 2.99. The average Bonchev–Trinajstić information content (AvgIpc) is 2.37. The molecule has 0 saturated heterocycles. The van der Waals surface area contributed by atoms with Gasteiger partial charge in [0.05, 0.1) is 12.6 Å². The molecule has 0 fully saturated rings. The van der Waals surface area contributed by atoms with Crippen molar-refractivity contribution in [3.05, 3.63) is 35.1 Å². The van der Waals surface area contributed by atoms with E-state index in [1.165, 1.54) is 18.2 Å². The van der Waals surface area contributed by atoms with Gasteiger partial charge in [0.15, 0.2) is 0 Å². The van der Waals surface area contributed by atoms with Crippen LogP contribution in [0.25, 0.3) is 0 Å². The molecule has 0 amide bonds. The molecule has 21 heavy (non-hydrogen) atoms. The molecule has 1 unspecified atom stereocenters. The Morgan fingerprint density at radius 2 is 1.95 bits per heavy atom. The number of nitrogens with one attached hydrogen (secondary N) is 1. The van der Waals surface area contributed by atoms with E-state index in [2.05, 4.69) is 5.32 Å². The average molecular weight is 311 g/mol. The van der Waals surface area contributed by atoms with Crippen LogP contribution in [-0.2, 0) is 4.74 Å². The number of halogens is 5. The minimum atomic E-state index is -4.17. The normalized spacial score (nSPS) is 13.7. The highest BCUT2D eigenvalue weighted by atomic mass is 19.3. The van der Waals surface area contributed by atoms with Gasteiger partial charge in [-0.05, 0) is 36.7 Å². The Bertz CT molecular complexity index is 453. The van der Waals surface area contributed by atoms with Gasteiger partial charge in [0.2, 0.25) is 0 Å². The third-order valence-electron chi connectivity index (χ3n) is 2.96. The monoisotopic (exact) mass is 311 g/mol. The van der Waals surface area contributed by atoms with Crippen LogP contribution in [0, 0.1) is 12.7 Å². The first kappa shape index (κ1) is 17.8. The van der Waals surface area contributed by atoms with Gasteiger partial charge in [-0.1, -0.05) is 13.0 Å². The smallest absolute Gasteiger partial charge is 0.330 e. The molecule has 1 atom stereocenters. The summed E-state index contributed by atoms with van der Waals surface area (Å²) in [6.07, 6.45) is -3.76. The fraction of sp³-hybridized carbons (Fsp3) is 0.571. The zero-order valence-corrected chi connectivity index (χ0v) is 11.8. The first-order valence-electron chi connectivity index (χ1n) is 6.51. The zero-order valence-electron chi connectivity index (χ0n) is 11.8. The standard InChI is InChI=1S/C14H18F5NO/c1-3-20-12(7-21-8-14(18,19)13(16)17)11-5-4-10(15)6-9(11)2/h4-6,12-13,20H,3,7-8H2,1-2H3. The maximum absolute atomic E-state index is 13.1. The van der Waals surface area contributed by atoms with Crippen molar-refractivity contribution >= 4 is 0 Å². The van der Waals surface area contributed by atoms with Crippen LogP contribution in [0.2, 0.25) is 0 Å². The lowest BCUT2D eigenvalue weighted by Crippen LogP contribution is -2.34. The van der Waals surface area contributed by atoms with Crippen LogP contribution in [0.3, 0.4) is 0 Å². The number of aryl methyl sites for hydroxylation is 1. The lowest BCUT2D eigenvalue weighted by Gasteiger charge is -2.22. The molecule has 1 N–H and O–H groups in total. The fourth-order valence-corrected chi connectivity index (χ4v) is 1.91. The van der Waals surface area contributed by atoms with Crippen LogP contribution >= 0.6 is 0 Å². The lowest BCUT2D eigenvalue weighted by molar-refractivity contribution is -0.167. The molecule has 0 aliphatic rings. The molecule has 1 aromatic rings. The first-order valence-corrected chi connectivity index (χ1v) is 6.51. The van der Waals surface area contributed by atoms with E-state index < -0.39 is 30.8 Å². The quantitative estimate of drug-likeness (QED) is 0.739. The van der Waals surface area contributed by atoms with E-state index >= 15 is 0 Å². The van der Waals surface area contributed by atoms with Crippen molar-refractivity contribution in [3.63, 3.8) is 0 Å². The van der Waals surface area contributed by atoms with E-state index in [1.807, 2.05) is 0 Å². The van der Waals surface area contributed by atoms with Gasteiger partial charge in [-0.2, -0.15) is 8.78 Å². The molecule has 1 rings (SSSR count). The van der Waals surface area contributed by atoms with Gasteiger partial charge in [-0.3, -0.25) is 0 Å². The fourth-order valence-electron chi connectivity index (χ4n) is 1.91. The van der Waals surface area contributed by atoms with E-state index in [9.17, 15) is 22.0 Å². The van der Waals surface area contributed by atoms with Crippen molar-refractivity contribution in [1.82, 2.24) is 5.32 Å². The van der Waals surface area contributed by atoms with E-state index in [0.29, 0.717) is 17.7 Å². The minimum absolute atomic E-state index is 0.206. The topological polar surface area (TPSA) is 21.3 Å². The largest absolute Gasteiger partial charge is 0.373 e. The minimum Gasteiger partial charge on any atom is -0.373 e. The summed E-state index contributed by atoms with van der Waals surface area (Å²) in [5.74, 6) is -4.58. The summed E-state index contributed by atoms with van der Waals surface area (Å²) in [7, 11) is 0. The third-order valence-corrected chi connectivity index (χ3v) is 2.96. The Balaban J connectivity index is 2.70. The molecular weight excluding hydrogens is 293 g/mol. The highest BCUT2D eigenvalue weighted by Crippen LogP contribution is 2.24. The van der Waals surface area contributed by atoms with Crippen LogP contribution < -0.4 is 5.32 Å². The summed E-state index contributed by atoms with van der Waals surface area (Å²) in [6.45, 7) is 2.45. The molecule has 0 bridgehead atoms. The van der Waals surface area contributed by atoms with E-state index in [-0.39, 0.29) is 6.61 Å². The van der Waals surface area contributed by atoms with Crippen molar-refractivity contribution in [2.75, 3.05) is 19.8 Å². The number of hydrogen-bond acceptors (Lipinski definition) is 2. The second-order valence-electron chi connectivity index (χ2n) is 4.69. The molecule has 0 aliphatic carbocycles. The maximum Gasteiger partial charge on any atom is 0.330 e. The molecule has 0 radical (unpaired) electrons. The van der Waals surface area contributed by atoms with Gasteiger partial charge in [-0.15, -0.1) is 0 Å². The van der Waals surface area contributed by atoms with Crippen LogP contribution in [0.5, 0.6) is 0 Å². The Labute approximate surface area is 120 Å². The molecule has 2 nitrogen and oxygen atoms in total. The molecule has 0 saturated carbocycles. The van der Waals surface area contributed by atoms with Crippen LogP contribution in [-0.4, -0.2) is 32.1 Å². The van der Waals surface area contributed by atoms with Gasteiger partial charge in [-0.25, -0.2) is 13.2 Å². The highest BCUT2D eigenvalue weighted by Gasteiger charge is 2.41. The second-order valence-corrected chi connectivity index (χ2v) is 4.69. The molecule has 0 heterocycles.